The van der Waals surface area contributed by atoms with Gasteiger partial charge in [0.15, 0.2) is 0 Å². The highest BCUT2D eigenvalue weighted by atomic mass is 16.1. The summed E-state index contributed by atoms with van der Waals surface area (Å²) in [4.78, 5) is 14.6. The second-order valence-electron chi connectivity index (χ2n) is 7.01. The van der Waals surface area contributed by atoms with Gasteiger partial charge in [-0.2, -0.15) is 0 Å². The lowest BCUT2D eigenvalue weighted by Gasteiger charge is -2.40. The van der Waals surface area contributed by atoms with E-state index in [4.69, 9.17) is 5.73 Å². The van der Waals surface area contributed by atoms with Crippen LogP contribution in [0.4, 0.5) is 0 Å². The van der Waals surface area contributed by atoms with Gasteiger partial charge in [-0.05, 0) is 56.9 Å². The molecular formula is C15H27N3O. The van der Waals surface area contributed by atoms with Gasteiger partial charge in [0.25, 0.3) is 0 Å². The maximum absolute atomic E-state index is 12.2. The largest absolute Gasteiger partial charge is 0.368 e. The van der Waals surface area contributed by atoms with E-state index in [-0.39, 0.29) is 5.91 Å². The number of carbonyl (C=O) groups excluding carboxylic acids is 1. The second kappa shape index (κ2) is 5.06. The zero-order valence-electron chi connectivity index (χ0n) is 12.0. The normalized spacial score (nSPS) is 31.9. The third-order valence-electron chi connectivity index (χ3n) is 4.97. The van der Waals surface area contributed by atoms with Crippen LogP contribution in [0.1, 0.15) is 45.4 Å². The number of nitrogens with one attached hydrogen (secondary N) is 1. The predicted molar refractivity (Wildman–Crippen MR) is 75.6 cm³/mol. The molecule has 19 heavy (non-hydrogen) atoms. The van der Waals surface area contributed by atoms with E-state index in [0.29, 0.717) is 12.0 Å². The van der Waals surface area contributed by atoms with Crippen LogP contribution in [0.25, 0.3) is 0 Å². The van der Waals surface area contributed by atoms with Crippen molar-refractivity contribution in [3.63, 3.8) is 0 Å². The van der Waals surface area contributed by atoms with E-state index in [2.05, 4.69) is 17.1 Å². The second-order valence-corrected chi connectivity index (χ2v) is 7.01. The molecule has 3 fully saturated rings. The molecule has 0 spiro atoms. The Kier molecular flexibility index (Phi) is 3.56. The molecule has 2 atom stereocenters. The van der Waals surface area contributed by atoms with E-state index >= 15 is 0 Å². The molecule has 4 heteroatoms. The summed E-state index contributed by atoms with van der Waals surface area (Å²) in [6.07, 6.45) is 7.30. The maximum Gasteiger partial charge on any atom is 0.239 e. The van der Waals surface area contributed by atoms with Crippen molar-refractivity contribution in [1.29, 1.82) is 0 Å². The third kappa shape index (κ3) is 2.95. The highest BCUT2D eigenvalue weighted by molar-refractivity contribution is 5.86. The summed E-state index contributed by atoms with van der Waals surface area (Å²) in [5, 5.41) is 3.61. The van der Waals surface area contributed by atoms with Crippen molar-refractivity contribution in [2.24, 2.45) is 17.6 Å². The van der Waals surface area contributed by atoms with Crippen LogP contribution in [0.15, 0.2) is 0 Å². The summed E-state index contributed by atoms with van der Waals surface area (Å²) in [6, 6.07) is 0.537. The SMILES string of the molecule is CC1CCCN(CC(NC2CC2)(C(N)=O)C2CC2)C1. The number of primary amides is 1. The number of carbonyl (C=O) groups is 1. The van der Waals surface area contributed by atoms with Crippen LogP contribution in [0.2, 0.25) is 0 Å². The Balaban J connectivity index is 1.71. The van der Waals surface area contributed by atoms with E-state index in [1.54, 1.807) is 0 Å². The van der Waals surface area contributed by atoms with Gasteiger partial charge in [0.05, 0.1) is 0 Å². The van der Waals surface area contributed by atoms with Crippen LogP contribution in [0.5, 0.6) is 0 Å². The molecule has 2 unspecified atom stereocenters. The van der Waals surface area contributed by atoms with Gasteiger partial charge in [0, 0.05) is 19.1 Å². The van der Waals surface area contributed by atoms with Crippen molar-refractivity contribution in [3.8, 4) is 0 Å². The number of likely N-dealkylation sites (tertiary alicyclic amines) is 1. The average Bonchev–Trinajstić information content (AvgIpc) is 3.22. The molecule has 0 aromatic carbocycles. The molecular weight excluding hydrogens is 238 g/mol. The Hall–Kier alpha value is -0.610. The molecule has 2 saturated carbocycles. The van der Waals surface area contributed by atoms with Crippen LogP contribution in [-0.2, 0) is 4.79 Å². The molecule has 0 radical (unpaired) electrons. The lowest BCUT2D eigenvalue weighted by atomic mass is 9.89. The highest BCUT2D eigenvalue weighted by Crippen LogP contribution is 2.42. The van der Waals surface area contributed by atoms with Gasteiger partial charge in [-0.1, -0.05) is 6.92 Å². The van der Waals surface area contributed by atoms with Crippen LogP contribution in [0.3, 0.4) is 0 Å². The number of amides is 1. The van der Waals surface area contributed by atoms with Crippen molar-refractivity contribution in [2.45, 2.75) is 57.0 Å². The smallest absolute Gasteiger partial charge is 0.239 e. The quantitative estimate of drug-likeness (QED) is 0.756. The summed E-state index contributed by atoms with van der Waals surface area (Å²) < 4.78 is 0. The minimum atomic E-state index is -0.446. The Morgan fingerprint density at radius 3 is 2.58 bits per heavy atom. The van der Waals surface area contributed by atoms with Gasteiger partial charge < -0.3 is 10.6 Å². The van der Waals surface area contributed by atoms with Gasteiger partial charge in [0.2, 0.25) is 5.91 Å². The van der Waals surface area contributed by atoms with Crippen molar-refractivity contribution in [3.05, 3.63) is 0 Å². The number of rotatable bonds is 6. The molecule has 3 rings (SSSR count). The van der Waals surface area contributed by atoms with Crippen LogP contribution in [-0.4, -0.2) is 42.0 Å². The molecule has 3 aliphatic rings. The molecule has 1 saturated heterocycles. The van der Waals surface area contributed by atoms with Crippen LogP contribution >= 0.6 is 0 Å². The number of nitrogens with zero attached hydrogens (tertiary/aromatic N) is 1. The first-order valence-electron chi connectivity index (χ1n) is 7.90. The fourth-order valence-electron chi connectivity index (χ4n) is 3.59. The molecule has 108 valence electrons. The summed E-state index contributed by atoms with van der Waals surface area (Å²) in [6.45, 7) is 5.38. The molecule has 2 aliphatic carbocycles. The Morgan fingerprint density at radius 1 is 1.32 bits per heavy atom. The van der Waals surface area contributed by atoms with Gasteiger partial charge in [-0.25, -0.2) is 0 Å². The van der Waals surface area contributed by atoms with E-state index in [0.717, 1.165) is 38.4 Å². The first kappa shape index (κ1) is 13.4. The van der Waals surface area contributed by atoms with Crippen LogP contribution < -0.4 is 11.1 Å². The minimum absolute atomic E-state index is 0.125. The lowest BCUT2D eigenvalue weighted by molar-refractivity contribution is -0.126. The van der Waals surface area contributed by atoms with Crippen LogP contribution in [0, 0.1) is 11.8 Å². The molecule has 0 aromatic heterocycles. The van der Waals surface area contributed by atoms with Gasteiger partial charge in [-0.15, -0.1) is 0 Å². The summed E-state index contributed by atoms with van der Waals surface area (Å²) in [5.74, 6) is 1.10. The van der Waals surface area contributed by atoms with E-state index in [1.165, 1.54) is 25.7 Å². The topological polar surface area (TPSA) is 58.4 Å². The monoisotopic (exact) mass is 265 g/mol. The fraction of sp³-hybridized carbons (Fsp3) is 0.933. The van der Waals surface area contributed by atoms with Gasteiger partial charge >= 0.3 is 0 Å². The Labute approximate surface area is 116 Å². The van der Waals surface area contributed by atoms with Gasteiger partial charge in [-0.3, -0.25) is 10.1 Å². The molecule has 1 heterocycles. The minimum Gasteiger partial charge on any atom is -0.368 e. The zero-order valence-corrected chi connectivity index (χ0v) is 12.0. The fourth-order valence-corrected chi connectivity index (χ4v) is 3.59. The number of piperidine rings is 1. The Morgan fingerprint density at radius 2 is 2.05 bits per heavy atom. The molecule has 1 amide bonds. The first-order valence-corrected chi connectivity index (χ1v) is 7.90. The number of hydrogen-bond acceptors (Lipinski definition) is 3. The molecule has 1 aliphatic heterocycles. The number of hydrogen-bond donors (Lipinski definition) is 2. The highest BCUT2D eigenvalue weighted by Gasteiger charge is 2.52. The van der Waals surface area contributed by atoms with Crippen molar-refractivity contribution in [2.75, 3.05) is 19.6 Å². The number of nitrogens with two attached hydrogens (primary N) is 1. The lowest BCUT2D eigenvalue weighted by Crippen LogP contribution is -2.64. The standard InChI is InChI=1S/C15H27N3O/c1-11-3-2-8-18(9-11)10-15(14(16)19,12-4-5-12)17-13-6-7-13/h11-13,17H,2-10H2,1H3,(H2,16,19). The predicted octanol–water partition coefficient (Wildman–Crippen LogP) is 1.10. The molecule has 0 bridgehead atoms. The first-order chi connectivity index (χ1) is 9.10. The van der Waals surface area contributed by atoms with Crippen molar-refractivity contribution >= 4 is 5.91 Å². The summed E-state index contributed by atoms with van der Waals surface area (Å²) >= 11 is 0. The van der Waals surface area contributed by atoms with Crippen molar-refractivity contribution in [1.82, 2.24) is 10.2 Å². The van der Waals surface area contributed by atoms with Gasteiger partial charge in [0.1, 0.15) is 5.54 Å². The zero-order chi connectivity index (χ0) is 13.5. The summed E-state index contributed by atoms with van der Waals surface area (Å²) in [5.41, 5.74) is 5.37. The Bertz CT molecular complexity index is 351. The summed E-state index contributed by atoms with van der Waals surface area (Å²) in [7, 11) is 0. The maximum atomic E-state index is 12.2. The van der Waals surface area contributed by atoms with E-state index in [1.807, 2.05) is 0 Å². The van der Waals surface area contributed by atoms with E-state index in [9.17, 15) is 4.79 Å². The van der Waals surface area contributed by atoms with Crippen molar-refractivity contribution < 1.29 is 4.79 Å². The molecule has 4 nitrogen and oxygen atoms in total. The van der Waals surface area contributed by atoms with E-state index < -0.39 is 5.54 Å². The molecule has 0 aromatic rings. The average molecular weight is 265 g/mol. The molecule has 3 N–H and O–H groups in total. The third-order valence-corrected chi connectivity index (χ3v) is 4.97.